The van der Waals surface area contributed by atoms with Crippen LogP contribution in [0.3, 0.4) is 0 Å². The third kappa shape index (κ3) is 6.81. The van der Waals surface area contributed by atoms with Crippen molar-refractivity contribution >= 4 is 11.8 Å². The van der Waals surface area contributed by atoms with Crippen LogP contribution in [-0.2, 0) is 21.5 Å². The summed E-state index contributed by atoms with van der Waals surface area (Å²) in [6.45, 7) is 10.4. The summed E-state index contributed by atoms with van der Waals surface area (Å²) >= 11 is 0. The molecule has 31 heavy (non-hydrogen) atoms. The number of halogens is 1. The monoisotopic (exact) mass is 428 g/mol. The molecule has 0 aliphatic heterocycles. The standard InChI is InChI=1S/C25H33FN2O3/c1-6-21(24(30)27-7-2)28(16-18-12-14-19(26)15-13-18)23(29)17-31-22-11-9-8-10-20(22)25(3,4)5/h8-15,21H,6-7,16-17H2,1-5H3,(H,27,30). The fourth-order valence-electron chi connectivity index (χ4n) is 3.43. The van der Waals surface area contributed by atoms with Gasteiger partial charge in [0.05, 0.1) is 0 Å². The van der Waals surface area contributed by atoms with Crippen molar-refractivity contribution < 1.29 is 18.7 Å². The van der Waals surface area contributed by atoms with E-state index in [-0.39, 0.29) is 36.2 Å². The minimum Gasteiger partial charge on any atom is -0.483 e. The first-order valence-corrected chi connectivity index (χ1v) is 10.7. The molecule has 1 N–H and O–H groups in total. The van der Waals surface area contributed by atoms with Crippen LogP contribution in [0, 0.1) is 5.82 Å². The van der Waals surface area contributed by atoms with Crippen LogP contribution in [0.4, 0.5) is 4.39 Å². The van der Waals surface area contributed by atoms with Crippen molar-refractivity contribution in [3.63, 3.8) is 0 Å². The van der Waals surface area contributed by atoms with E-state index in [1.165, 1.54) is 17.0 Å². The fraction of sp³-hybridized carbons (Fsp3) is 0.440. The van der Waals surface area contributed by atoms with Gasteiger partial charge in [-0.05, 0) is 48.1 Å². The van der Waals surface area contributed by atoms with Crippen molar-refractivity contribution in [1.82, 2.24) is 10.2 Å². The molecule has 168 valence electrons. The second-order valence-corrected chi connectivity index (χ2v) is 8.50. The van der Waals surface area contributed by atoms with E-state index in [2.05, 4.69) is 26.1 Å². The number of rotatable bonds is 9. The molecule has 0 heterocycles. The molecule has 0 saturated carbocycles. The molecule has 0 spiro atoms. The van der Waals surface area contributed by atoms with Crippen LogP contribution >= 0.6 is 0 Å². The number of carbonyl (C=O) groups is 2. The van der Waals surface area contributed by atoms with Crippen molar-refractivity contribution in [2.45, 2.75) is 59.0 Å². The minimum absolute atomic E-state index is 0.138. The van der Waals surface area contributed by atoms with Crippen molar-refractivity contribution in [1.29, 1.82) is 0 Å². The lowest BCUT2D eigenvalue weighted by molar-refractivity contribution is -0.142. The number of likely N-dealkylation sites (N-methyl/N-ethyl adjacent to an activating group) is 1. The Morgan fingerprint density at radius 3 is 2.29 bits per heavy atom. The van der Waals surface area contributed by atoms with E-state index in [9.17, 15) is 14.0 Å². The van der Waals surface area contributed by atoms with Gasteiger partial charge in [-0.3, -0.25) is 9.59 Å². The van der Waals surface area contributed by atoms with Gasteiger partial charge in [-0.15, -0.1) is 0 Å². The quantitative estimate of drug-likeness (QED) is 0.642. The molecule has 6 heteroatoms. The van der Waals surface area contributed by atoms with Gasteiger partial charge >= 0.3 is 0 Å². The third-order valence-corrected chi connectivity index (χ3v) is 5.05. The number of nitrogens with zero attached hydrogens (tertiary/aromatic N) is 1. The van der Waals surface area contributed by atoms with Gasteiger partial charge in [-0.1, -0.05) is 58.0 Å². The highest BCUT2D eigenvalue weighted by atomic mass is 19.1. The van der Waals surface area contributed by atoms with Crippen LogP contribution in [0.5, 0.6) is 5.75 Å². The number of carbonyl (C=O) groups excluding carboxylic acids is 2. The minimum atomic E-state index is -0.640. The Kier molecular flexibility index (Phi) is 8.60. The summed E-state index contributed by atoms with van der Waals surface area (Å²) in [5.74, 6) is -0.211. The Bertz CT molecular complexity index is 875. The molecule has 0 aliphatic rings. The van der Waals surface area contributed by atoms with Crippen LogP contribution in [-0.4, -0.2) is 35.9 Å². The molecule has 0 aromatic heterocycles. The molecule has 2 amide bonds. The first-order valence-electron chi connectivity index (χ1n) is 10.7. The number of para-hydroxylation sites is 1. The van der Waals surface area contributed by atoms with Gasteiger partial charge < -0.3 is 15.0 Å². The highest BCUT2D eigenvalue weighted by Crippen LogP contribution is 2.31. The number of hydrogen-bond donors (Lipinski definition) is 1. The first kappa shape index (κ1) is 24.4. The Hall–Kier alpha value is -2.89. The number of hydrogen-bond acceptors (Lipinski definition) is 3. The summed E-state index contributed by atoms with van der Waals surface area (Å²) in [4.78, 5) is 27.3. The maximum Gasteiger partial charge on any atom is 0.261 e. The van der Waals surface area contributed by atoms with E-state index in [4.69, 9.17) is 4.74 Å². The lowest BCUT2D eigenvalue weighted by Gasteiger charge is -2.31. The molecule has 0 radical (unpaired) electrons. The zero-order valence-corrected chi connectivity index (χ0v) is 19.1. The van der Waals surface area contributed by atoms with Crippen molar-refractivity contribution in [3.05, 3.63) is 65.5 Å². The first-order chi connectivity index (χ1) is 14.7. The average molecular weight is 429 g/mol. The SMILES string of the molecule is CCNC(=O)C(CC)N(Cc1ccc(F)cc1)C(=O)COc1ccccc1C(C)(C)C. The summed E-state index contributed by atoms with van der Waals surface area (Å²) in [7, 11) is 0. The third-order valence-electron chi connectivity index (χ3n) is 5.05. The molecular formula is C25H33FN2O3. The van der Waals surface area contributed by atoms with Crippen LogP contribution in [0.25, 0.3) is 0 Å². The van der Waals surface area contributed by atoms with E-state index >= 15 is 0 Å². The Balaban J connectivity index is 2.25. The predicted molar refractivity (Wildman–Crippen MR) is 120 cm³/mol. The van der Waals surface area contributed by atoms with E-state index in [0.717, 1.165) is 11.1 Å². The Morgan fingerprint density at radius 2 is 1.71 bits per heavy atom. The summed E-state index contributed by atoms with van der Waals surface area (Å²) in [6.07, 6.45) is 0.456. The summed E-state index contributed by atoms with van der Waals surface area (Å²) in [6, 6.07) is 12.9. The molecule has 0 bridgehead atoms. The molecule has 0 fully saturated rings. The molecule has 2 aromatic carbocycles. The second-order valence-electron chi connectivity index (χ2n) is 8.50. The summed E-state index contributed by atoms with van der Waals surface area (Å²) in [5.41, 5.74) is 1.61. The molecular weight excluding hydrogens is 395 g/mol. The molecule has 0 aliphatic carbocycles. The van der Waals surface area contributed by atoms with Crippen molar-refractivity contribution in [2.75, 3.05) is 13.2 Å². The topological polar surface area (TPSA) is 58.6 Å². The molecule has 5 nitrogen and oxygen atoms in total. The van der Waals surface area contributed by atoms with E-state index in [1.807, 2.05) is 38.1 Å². The Morgan fingerprint density at radius 1 is 1.06 bits per heavy atom. The Labute approximate surface area is 184 Å². The molecule has 1 unspecified atom stereocenters. The number of nitrogens with one attached hydrogen (secondary N) is 1. The predicted octanol–water partition coefficient (Wildman–Crippen LogP) is 4.45. The smallest absolute Gasteiger partial charge is 0.261 e. The zero-order chi connectivity index (χ0) is 23.0. The van der Waals surface area contributed by atoms with Crippen LogP contribution in [0.1, 0.15) is 52.2 Å². The maximum atomic E-state index is 13.3. The summed E-state index contributed by atoms with van der Waals surface area (Å²) < 4.78 is 19.2. The fourth-order valence-corrected chi connectivity index (χ4v) is 3.43. The van der Waals surface area contributed by atoms with Crippen LogP contribution in [0.15, 0.2) is 48.5 Å². The maximum absolute atomic E-state index is 13.3. The number of amides is 2. The van der Waals surface area contributed by atoms with Gasteiger partial charge in [0.2, 0.25) is 5.91 Å². The number of benzene rings is 2. The lowest BCUT2D eigenvalue weighted by atomic mass is 9.86. The average Bonchev–Trinajstić information content (AvgIpc) is 2.73. The van der Waals surface area contributed by atoms with E-state index < -0.39 is 6.04 Å². The van der Waals surface area contributed by atoms with E-state index in [0.29, 0.717) is 18.7 Å². The second kappa shape index (κ2) is 10.9. The van der Waals surface area contributed by atoms with E-state index in [1.54, 1.807) is 12.1 Å². The zero-order valence-electron chi connectivity index (χ0n) is 19.1. The largest absolute Gasteiger partial charge is 0.483 e. The molecule has 0 saturated heterocycles. The molecule has 2 rings (SSSR count). The summed E-state index contributed by atoms with van der Waals surface area (Å²) in [5, 5.41) is 2.80. The molecule has 1 atom stereocenters. The van der Waals surface area contributed by atoms with Gasteiger partial charge in [-0.25, -0.2) is 4.39 Å². The van der Waals surface area contributed by atoms with Crippen LogP contribution in [0.2, 0.25) is 0 Å². The lowest BCUT2D eigenvalue weighted by Crippen LogP contribution is -2.50. The van der Waals surface area contributed by atoms with Gasteiger partial charge in [0.1, 0.15) is 17.6 Å². The number of ether oxygens (including phenoxy) is 1. The molecule has 2 aromatic rings. The van der Waals surface area contributed by atoms with Gasteiger partial charge in [-0.2, -0.15) is 0 Å². The van der Waals surface area contributed by atoms with Gasteiger partial charge in [0.15, 0.2) is 6.61 Å². The highest BCUT2D eigenvalue weighted by molar-refractivity contribution is 5.88. The van der Waals surface area contributed by atoms with Crippen LogP contribution < -0.4 is 10.1 Å². The van der Waals surface area contributed by atoms with Gasteiger partial charge in [0, 0.05) is 13.1 Å². The van der Waals surface area contributed by atoms with Crippen molar-refractivity contribution in [2.24, 2.45) is 0 Å². The van der Waals surface area contributed by atoms with Crippen molar-refractivity contribution in [3.8, 4) is 5.75 Å². The normalized spacial score (nSPS) is 12.2. The highest BCUT2D eigenvalue weighted by Gasteiger charge is 2.29. The van der Waals surface area contributed by atoms with Gasteiger partial charge in [0.25, 0.3) is 5.91 Å².